The zero-order valence-electron chi connectivity index (χ0n) is 10.1. The van der Waals surface area contributed by atoms with Crippen LogP contribution >= 0.6 is 0 Å². The van der Waals surface area contributed by atoms with Crippen LogP contribution in [0, 0.1) is 23.1 Å². The van der Waals surface area contributed by atoms with Gasteiger partial charge in [0.15, 0.2) is 0 Å². The Balaban J connectivity index is 2.83. The SMILES string of the molecule is CC(C)CC(CO)Nc1ccc(F)cc1C#N. The van der Waals surface area contributed by atoms with Gasteiger partial charge in [-0.25, -0.2) is 4.39 Å². The Bertz CT molecular complexity index is 412. The molecule has 0 spiro atoms. The summed E-state index contributed by atoms with van der Waals surface area (Å²) in [7, 11) is 0. The van der Waals surface area contributed by atoms with Crippen LogP contribution in [0.3, 0.4) is 0 Å². The standard InChI is InChI=1S/C13H17FN2O/c1-9(2)5-12(8-17)16-13-4-3-11(14)6-10(13)7-15/h3-4,6,9,12,16-17H,5,8H2,1-2H3. The van der Waals surface area contributed by atoms with Crippen molar-refractivity contribution in [2.24, 2.45) is 5.92 Å². The van der Waals surface area contributed by atoms with E-state index in [0.29, 0.717) is 11.6 Å². The maximum Gasteiger partial charge on any atom is 0.124 e. The average molecular weight is 236 g/mol. The van der Waals surface area contributed by atoms with Crippen molar-refractivity contribution >= 4 is 5.69 Å². The van der Waals surface area contributed by atoms with Gasteiger partial charge < -0.3 is 10.4 Å². The van der Waals surface area contributed by atoms with Gasteiger partial charge in [0.2, 0.25) is 0 Å². The number of aliphatic hydroxyl groups is 1. The van der Waals surface area contributed by atoms with E-state index < -0.39 is 5.82 Å². The minimum Gasteiger partial charge on any atom is -0.394 e. The molecule has 1 aromatic carbocycles. The van der Waals surface area contributed by atoms with Gasteiger partial charge in [-0.15, -0.1) is 0 Å². The fourth-order valence-corrected chi connectivity index (χ4v) is 1.70. The molecule has 1 unspecified atom stereocenters. The van der Waals surface area contributed by atoms with E-state index in [1.165, 1.54) is 18.2 Å². The largest absolute Gasteiger partial charge is 0.394 e. The molecule has 92 valence electrons. The third-order valence-corrected chi connectivity index (χ3v) is 2.44. The fraction of sp³-hybridized carbons (Fsp3) is 0.462. The van der Waals surface area contributed by atoms with Crippen LogP contribution in [0.1, 0.15) is 25.8 Å². The van der Waals surface area contributed by atoms with Crippen molar-refractivity contribution in [3.63, 3.8) is 0 Å². The number of nitriles is 1. The monoisotopic (exact) mass is 236 g/mol. The Kier molecular flexibility index (Phi) is 4.92. The van der Waals surface area contributed by atoms with Crippen molar-refractivity contribution in [3.05, 3.63) is 29.6 Å². The van der Waals surface area contributed by atoms with E-state index in [1.807, 2.05) is 6.07 Å². The van der Waals surface area contributed by atoms with Crippen LogP contribution in [-0.4, -0.2) is 17.8 Å². The molecule has 3 nitrogen and oxygen atoms in total. The predicted molar refractivity (Wildman–Crippen MR) is 65.1 cm³/mol. The molecule has 0 amide bonds. The van der Waals surface area contributed by atoms with E-state index >= 15 is 0 Å². The van der Waals surface area contributed by atoms with Gasteiger partial charge in [-0.3, -0.25) is 0 Å². The molecule has 0 aliphatic rings. The number of hydrogen-bond donors (Lipinski definition) is 2. The Labute approximate surface area is 101 Å². The highest BCUT2D eigenvalue weighted by Gasteiger charge is 2.12. The summed E-state index contributed by atoms with van der Waals surface area (Å²) in [6, 6.07) is 5.83. The van der Waals surface area contributed by atoms with Crippen LogP contribution in [-0.2, 0) is 0 Å². The number of halogens is 1. The summed E-state index contributed by atoms with van der Waals surface area (Å²) < 4.78 is 12.9. The molecule has 17 heavy (non-hydrogen) atoms. The molecule has 0 aromatic heterocycles. The van der Waals surface area contributed by atoms with Gasteiger partial charge in [-0.05, 0) is 30.5 Å². The van der Waals surface area contributed by atoms with Crippen molar-refractivity contribution in [2.75, 3.05) is 11.9 Å². The molecule has 1 atom stereocenters. The van der Waals surface area contributed by atoms with E-state index in [-0.39, 0.29) is 18.2 Å². The van der Waals surface area contributed by atoms with Crippen molar-refractivity contribution in [1.82, 2.24) is 0 Å². The number of benzene rings is 1. The highest BCUT2D eigenvalue weighted by molar-refractivity contribution is 5.57. The van der Waals surface area contributed by atoms with E-state index in [9.17, 15) is 9.50 Å². The number of anilines is 1. The second-order valence-corrected chi connectivity index (χ2v) is 4.46. The number of rotatable bonds is 5. The molecule has 0 aliphatic carbocycles. The molecule has 0 radical (unpaired) electrons. The number of nitrogens with one attached hydrogen (secondary N) is 1. The van der Waals surface area contributed by atoms with Crippen LogP contribution < -0.4 is 5.32 Å². The first-order valence-electron chi connectivity index (χ1n) is 5.63. The van der Waals surface area contributed by atoms with Gasteiger partial charge in [-0.1, -0.05) is 13.8 Å². The van der Waals surface area contributed by atoms with Gasteiger partial charge >= 0.3 is 0 Å². The Morgan fingerprint density at radius 2 is 2.18 bits per heavy atom. The zero-order valence-corrected chi connectivity index (χ0v) is 10.1. The quantitative estimate of drug-likeness (QED) is 0.826. The first kappa shape index (κ1) is 13.5. The molecule has 1 rings (SSSR count). The molecular weight excluding hydrogens is 219 g/mol. The second-order valence-electron chi connectivity index (χ2n) is 4.46. The average Bonchev–Trinajstić information content (AvgIpc) is 2.29. The van der Waals surface area contributed by atoms with E-state index in [0.717, 1.165) is 6.42 Å². The molecule has 4 heteroatoms. The van der Waals surface area contributed by atoms with Crippen molar-refractivity contribution in [3.8, 4) is 6.07 Å². The summed E-state index contributed by atoms with van der Waals surface area (Å²) in [5, 5.41) is 21.2. The zero-order chi connectivity index (χ0) is 12.8. The lowest BCUT2D eigenvalue weighted by Gasteiger charge is -2.20. The van der Waals surface area contributed by atoms with Crippen LogP contribution in [0.4, 0.5) is 10.1 Å². The molecule has 2 N–H and O–H groups in total. The van der Waals surface area contributed by atoms with Crippen molar-refractivity contribution < 1.29 is 9.50 Å². The third kappa shape index (κ3) is 4.04. The minimum absolute atomic E-state index is 0.0135. The maximum absolute atomic E-state index is 12.9. The summed E-state index contributed by atoms with van der Waals surface area (Å²) in [5.74, 6) is 0.00198. The van der Waals surface area contributed by atoms with Crippen molar-refractivity contribution in [1.29, 1.82) is 5.26 Å². The van der Waals surface area contributed by atoms with E-state index in [2.05, 4.69) is 19.2 Å². The lowest BCUT2D eigenvalue weighted by molar-refractivity contribution is 0.259. The van der Waals surface area contributed by atoms with Crippen LogP contribution in [0.25, 0.3) is 0 Å². The highest BCUT2D eigenvalue weighted by atomic mass is 19.1. The Morgan fingerprint density at radius 1 is 1.47 bits per heavy atom. The first-order valence-corrected chi connectivity index (χ1v) is 5.63. The van der Waals surface area contributed by atoms with Gasteiger partial charge in [0.1, 0.15) is 11.9 Å². The molecule has 0 aliphatic heterocycles. The lowest BCUT2D eigenvalue weighted by Crippen LogP contribution is -2.26. The van der Waals surface area contributed by atoms with Gasteiger partial charge in [0.05, 0.1) is 17.9 Å². The highest BCUT2D eigenvalue weighted by Crippen LogP contribution is 2.18. The summed E-state index contributed by atoms with van der Waals surface area (Å²) in [6.07, 6.45) is 0.790. The summed E-state index contributed by atoms with van der Waals surface area (Å²) in [6.45, 7) is 4.10. The normalized spacial score (nSPS) is 12.2. The molecule has 0 saturated carbocycles. The molecule has 0 heterocycles. The molecule has 1 aromatic rings. The van der Waals surface area contributed by atoms with Gasteiger partial charge in [0, 0.05) is 6.04 Å². The first-order chi connectivity index (χ1) is 8.06. The number of aliphatic hydroxyl groups excluding tert-OH is 1. The van der Waals surface area contributed by atoms with Gasteiger partial charge in [0.25, 0.3) is 0 Å². The predicted octanol–water partition coefficient (Wildman–Crippen LogP) is 2.52. The lowest BCUT2D eigenvalue weighted by atomic mass is 10.0. The summed E-state index contributed by atoms with van der Waals surface area (Å²) >= 11 is 0. The third-order valence-electron chi connectivity index (χ3n) is 2.44. The Hall–Kier alpha value is -1.60. The topological polar surface area (TPSA) is 56.0 Å². The summed E-state index contributed by atoms with van der Waals surface area (Å²) in [4.78, 5) is 0. The second kappa shape index (κ2) is 6.21. The van der Waals surface area contributed by atoms with E-state index in [4.69, 9.17) is 5.26 Å². The number of hydrogen-bond acceptors (Lipinski definition) is 3. The summed E-state index contributed by atoms with van der Waals surface area (Å²) in [5.41, 5.74) is 0.820. The van der Waals surface area contributed by atoms with Crippen LogP contribution in [0.2, 0.25) is 0 Å². The smallest absolute Gasteiger partial charge is 0.124 e. The molecule has 0 bridgehead atoms. The maximum atomic E-state index is 12.9. The van der Waals surface area contributed by atoms with Crippen LogP contribution in [0.5, 0.6) is 0 Å². The van der Waals surface area contributed by atoms with Crippen molar-refractivity contribution in [2.45, 2.75) is 26.3 Å². The Morgan fingerprint density at radius 3 is 2.71 bits per heavy atom. The van der Waals surface area contributed by atoms with Crippen LogP contribution in [0.15, 0.2) is 18.2 Å². The fourth-order valence-electron chi connectivity index (χ4n) is 1.70. The van der Waals surface area contributed by atoms with E-state index in [1.54, 1.807) is 0 Å². The molecule has 0 saturated heterocycles. The molecular formula is C13H17FN2O. The molecule has 0 fully saturated rings. The van der Waals surface area contributed by atoms with Gasteiger partial charge in [-0.2, -0.15) is 5.26 Å². The number of nitrogens with zero attached hydrogens (tertiary/aromatic N) is 1. The minimum atomic E-state index is -0.434.